The summed E-state index contributed by atoms with van der Waals surface area (Å²) in [6, 6.07) is 12.0. The van der Waals surface area contributed by atoms with Gasteiger partial charge in [0.25, 0.3) is 0 Å². The number of likely N-dealkylation sites (N-methyl/N-ethyl adjacent to an activating group) is 1. The zero-order valence-corrected chi connectivity index (χ0v) is 16.6. The number of hydrogen-bond donors (Lipinski definition) is 2. The molecule has 0 saturated heterocycles. The lowest BCUT2D eigenvalue weighted by atomic mass is 10.2. The summed E-state index contributed by atoms with van der Waals surface area (Å²) in [5.41, 5.74) is 1.23. The monoisotopic (exact) mass is 409 g/mol. The molecular weight excluding hydrogens is 389 g/mol. The van der Waals surface area contributed by atoms with Crippen molar-refractivity contribution in [2.75, 3.05) is 25.5 Å². The Morgan fingerprint density at radius 2 is 1.78 bits per heavy atom. The van der Waals surface area contributed by atoms with Gasteiger partial charge in [0.15, 0.2) is 0 Å². The molecule has 2 aromatic rings. The van der Waals surface area contributed by atoms with Crippen LogP contribution in [0.15, 0.2) is 42.5 Å². The predicted octanol–water partition coefficient (Wildman–Crippen LogP) is 4.17. The number of methoxy groups -OCH3 is 1. The lowest BCUT2D eigenvalue weighted by Crippen LogP contribution is -2.43. The topological polar surface area (TPSA) is 70.7 Å². The molecule has 0 aliphatic rings. The summed E-state index contributed by atoms with van der Waals surface area (Å²) in [5, 5.41) is 6.11. The third kappa shape index (κ3) is 6.05. The van der Waals surface area contributed by atoms with Crippen LogP contribution in [-0.2, 0) is 11.3 Å². The van der Waals surface area contributed by atoms with E-state index in [4.69, 9.17) is 27.9 Å². The van der Waals surface area contributed by atoms with E-state index >= 15 is 0 Å². The number of halogens is 2. The number of amides is 3. The number of carbonyl (C=O) groups is 2. The van der Waals surface area contributed by atoms with E-state index < -0.39 is 0 Å². The van der Waals surface area contributed by atoms with E-state index in [2.05, 4.69) is 10.6 Å². The molecule has 0 aliphatic heterocycles. The molecule has 0 aromatic heterocycles. The third-order valence-electron chi connectivity index (χ3n) is 3.81. The van der Waals surface area contributed by atoms with Crippen LogP contribution in [0.2, 0.25) is 10.0 Å². The zero-order chi connectivity index (χ0) is 19.8. The van der Waals surface area contributed by atoms with Crippen molar-refractivity contribution in [1.29, 1.82) is 0 Å². The summed E-state index contributed by atoms with van der Waals surface area (Å²) in [6.07, 6.45) is 0. The highest BCUT2D eigenvalue weighted by atomic mass is 35.5. The summed E-state index contributed by atoms with van der Waals surface area (Å²) in [7, 11) is 1.58. The van der Waals surface area contributed by atoms with Crippen LogP contribution < -0.4 is 15.4 Å². The fourth-order valence-corrected chi connectivity index (χ4v) is 2.86. The number of nitrogens with one attached hydrogen (secondary N) is 2. The first-order valence-electron chi connectivity index (χ1n) is 8.34. The second-order valence-corrected chi connectivity index (χ2v) is 6.48. The van der Waals surface area contributed by atoms with Crippen molar-refractivity contribution in [3.8, 4) is 5.75 Å². The lowest BCUT2D eigenvalue weighted by Gasteiger charge is -2.21. The largest absolute Gasteiger partial charge is 0.497 e. The van der Waals surface area contributed by atoms with E-state index in [1.807, 2.05) is 24.3 Å². The van der Waals surface area contributed by atoms with E-state index in [0.717, 1.165) is 5.56 Å². The van der Waals surface area contributed by atoms with E-state index in [-0.39, 0.29) is 18.5 Å². The van der Waals surface area contributed by atoms with Gasteiger partial charge >= 0.3 is 6.03 Å². The van der Waals surface area contributed by atoms with Gasteiger partial charge in [-0.15, -0.1) is 0 Å². The van der Waals surface area contributed by atoms with Crippen molar-refractivity contribution < 1.29 is 14.3 Å². The first-order chi connectivity index (χ1) is 12.9. The average Bonchev–Trinajstić information content (AvgIpc) is 2.67. The Labute approximate surface area is 168 Å². The number of nitrogens with zero attached hydrogens (tertiary/aromatic N) is 1. The number of ether oxygens (including phenoxy) is 1. The van der Waals surface area contributed by atoms with Crippen molar-refractivity contribution in [3.63, 3.8) is 0 Å². The van der Waals surface area contributed by atoms with Crippen molar-refractivity contribution >= 4 is 40.8 Å². The first-order valence-corrected chi connectivity index (χ1v) is 9.09. The maximum absolute atomic E-state index is 12.4. The van der Waals surface area contributed by atoms with Gasteiger partial charge in [-0.25, -0.2) is 4.79 Å². The van der Waals surface area contributed by atoms with E-state index in [9.17, 15) is 9.59 Å². The Hall–Kier alpha value is -2.44. The Balaban J connectivity index is 1.93. The Kier molecular flexibility index (Phi) is 7.76. The molecule has 27 heavy (non-hydrogen) atoms. The molecule has 0 aliphatic carbocycles. The molecule has 0 heterocycles. The van der Waals surface area contributed by atoms with Crippen molar-refractivity contribution in [3.05, 3.63) is 58.1 Å². The minimum atomic E-state index is -0.386. The smallest absolute Gasteiger partial charge is 0.318 e. The maximum Gasteiger partial charge on any atom is 0.318 e. The molecule has 8 heteroatoms. The number of anilines is 1. The van der Waals surface area contributed by atoms with Crippen LogP contribution in [0.5, 0.6) is 5.75 Å². The molecule has 0 radical (unpaired) electrons. The number of rotatable bonds is 7. The molecule has 0 bridgehead atoms. The van der Waals surface area contributed by atoms with Gasteiger partial charge in [-0.05, 0) is 36.8 Å². The predicted molar refractivity (Wildman–Crippen MR) is 108 cm³/mol. The molecule has 2 aromatic carbocycles. The summed E-state index contributed by atoms with van der Waals surface area (Å²) in [4.78, 5) is 26.0. The van der Waals surface area contributed by atoms with Crippen LogP contribution in [0.1, 0.15) is 12.5 Å². The summed E-state index contributed by atoms with van der Waals surface area (Å²) in [5.74, 6) is 0.327. The molecule has 2 rings (SSSR count). The molecule has 0 spiro atoms. The first kappa shape index (κ1) is 20.9. The number of benzene rings is 2. The van der Waals surface area contributed by atoms with Gasteiger partial charge in [0, 0.05) is 13.1 Å². The number of urea groups is 1. The number of para-hydroxylation sites is 1. The summed E-state index contributed by atoms with van der Waals surface area (Å²) in [6.45, 7) is 2.36. The summed E-state index contributed by atoms with van der Waals surface area (Å²) < 4.78 is 5.16. The van der Waals surface area contributed by atoms with Gasteiger partial charge in [-0.1, -0.05) is 41.4 Å². The normalized spacial score (nSPS) is 10.2. The minimum absolute atomic E-state index is 0.123. The van der Waals surface area contributed by atoms with Gasteiger partial charge in [-0.3, -0.25) is 4.79 Å². The van der Waals surface area contributed by atoms with Gasteiger partial charge in [0.05, 0.1) is 22.8 Å². The molecular formula is C19H21Cl2N3O3. The highest BCUT2D eigenvalue weighted by Gasteiger charge is 2.17. The highest BCUT2D eigenvalue weighted by Crippen LogP contribution is 2.29. The fourth-order valence-electron chi connectivity index (χ4n) is 2.37. The molecule has 6 nitrogen and oxygen atoms in total. The molecule has 0 atom stereocenters. The molecule has 0 fully saturated rings. The second kappa shape index (κ2) is 10.0. The van der Waals surface area contributed by atoms with E-state index in [1.165, 1.54) is 4.90 Å². The SMILES string of the molecule is CCN(CC(=O)Nc1c(Cl)cccc1Cl)C(=O)NCc1cccc(OC)c1. The Morgan fingerprint density at radius 3 is 2.41 bits per heavy atom. The highest BCUT2D eigenvalue weighted by molar-refractivity contribution is 6.39. The zero-order valence-electron chi connectivity index (χ0n) is 15.1. The van der Waals surface area contributed by atoms with Crippen molar-refractivity contribution in [2.45, 2.75) is 13.5 Å². The Morgan fingerprint density at radius 1 is 1.11 bits per heavy atom. The standard InChI is InChI=1S/C19H21Cl2N3O3/c1-3-24(12-17(25)23-18-15(20)8-5-9-16(18)21)19(26)22-11-13-6-4-7-14(10-13)27-2/h4-10H,3,11-12H2,1-2H3,(H,22,26)(H,23,25). The Bertz CT molecular complexity index is 794. The molecule has 0 saturated carbocycles. The van der Waals surface area contributed by atoms with E-state index in [1.54, 1.807) is 32.2 Å². The molecule has 0 unspecified atom stereocenters. The van der Waals surface area contributed by atoms with Gasteiger partial charge in [-0.2, -0.15) is 0 Å². The molecule has 2 N–H and O–H groups in total. The van der Waals surface area contributed by atoms with Gasteiger partial charge in [0.1, 0.15) is 12.3 Å². The van der Waals surface area contributed by atoms with Crippen LogP contribution in [-0.4, -0.2) is 37.0 Å². The fraction of sp³-hybridized carbons (Fsp3) is 0.263. The molecule has 3 amide bonds. The molecule has 144 valence electrons. The van der Waals surface area contributed by atoms with Crippen molar-refractivity contribution in [1.82, 2.24) is 10.2 Å². The minimum Gasteiger partial charge on any atom is -0.497 e. The summed E-state index contributed by atoms with van der Waals surface area (Å²) >= 11 is 12.1. The van der Waals surface area contributed by atoms with Crippen LogP contribution >= 0.6 is 23.2 Å². The maximum atomic E-state index is 12.4. The van der Waals surface area contributed by atoms with Crippen molar-refractivity contribution in [2.24, 2.45) is 0 Å². The van der Waals surface area contributed by atoms with Gasteiger partial charge in [0.2, 0.25) is 5.91 Å². The van der Waals surface area contributed by atoms with Crippen LogP contribution in [0.25, 0.3) is 0 Å². The number of carbonyl (C=O) groups excluding carboxylic acids is 2. The van der Waals surface area contributed by atoms with Gasteiger partial charge < -0.3 is 20.3 Å². The van der Waals surface area contributed by atoms with Crippen LogP contribution in [0, 0.1) is 0 Å². The quantitative estimate of drug-likeness (QED) is 0.720. The van der Waals surface area contributed by atoms with E-state index in [0.29, 0.717) is 34.6 Å². The number of hydrogen-bond acceptors (Lipinski definition) is 3. The van der Waals surface area contributed by atoms with Crippen LogP contribution in [0.4, 0.5) is 10.5 Å². The lowest BCUT2D eigenvalue weighted by molar-refractivity contribution is -0.116. The average molecular weight is 410 g/mol. The van der Waals surface area contributed by atoms with Crippen LogP contribution in [0.3, 0.4) is 0 Å². The second-order valence-electron chi connectivity index (χ2n) is 5.67. The third-order valence-corrected chi connectivity index (χ3v) is 4.44.